The fraction of sp³-hybridized carbons (Fsp3) is 0.308. The van der Waals surface area contributed by atoms with Gasteiger partial charge in [0, 0.05) is 12.0 Å². The normalized spacial score (nSPS) is 28.3. The molecule has 0 aromatic heterocycles. The molecule has 2 nitrogen and oxygen atoms in total. The Bertz CT molecular complexity index is 443. The number of rotatable bonds is 0. The Labute approximate surface area is 88.6 Å². The van der Waals surface area contributed by atoms with E-state index in [1.165, 1.54) is 11.1 Å². The number of hydrogen-bond acceptors (Lipinski definition) is 2. The van der Waals surface area contributed by atoms with Crippen molar-refractivity contribution in [2.24, 2.45) is 0 Å². The fourth-order valence-corrected chi connectivity index (χ4v) is 2.65. The van der Waals surface area contributed by atoms with Crippen molar-refractivity contribution >= 4 is 5.97 Å². The van der Waals surface area contributed by atoms with Crippen LogP contribution < -0.4 is 0 Å². The summed E-state index contributed by atoms with van der Waals surface area (Å²) in [6.07, 6.45) is 2.55. The van der Waals surface area contributed by atoms with Crippen LogP contribution >= 0.6 is 0 Å². The van der Waals surface area contributed by atoms with E-state index in [2.05, 4.69) is 18.7 Å². The SMILES string of the molecule is C=C1CC2(CCc3ccccc32)OC1=O. The second kappa shape index (κ2) is 2.72. The zero-order chi connectivity index (χ0) is 10.5. The van der Waals surface area contributed by atoms with E-state index in [9.17, 15) is 4.79 Å². The molecule has 1 fully saturated rings. The second-order valence-electron chi connectivity index (χ2n) is 4.32. The van der Waals surface area contributed by atoms with Gasteiger partial charge in [-0.15, -0.1) is 0 Å². The second-order valence-corrected chi connectivity index (χ2v) is 4.32. The number of hydrogen-bond donors (Lipinski definition) is 0. The molecule has 2 heteroatoms. The Morgan fingerprint density at radius 1 is 1.33 bits per heavy atom. The van der Waals surface area contributed by atoms with Crippen molar-refractivity contribution in [1.29, 1.82) is 0 Å². The molecule has 0 amide bonds. The number of esters is 1. The predicted molar refractivity (Wildman–Crippen MR) is 56.3 cm³/mol. The standard InChI is InChI=1S/C13H12O2/c1-9-8-13(15-12(9)14)7-6-10-4-2-3-5-11(10)13/h2-5H,1,6-8H2. The molecule has 1 unspecified atom stereocenters. The van der Waals surface area contributed by atoms with E-state index in [1.807, 2.05) is 12.1 Å². The van der Waals surface area contributed by atoms with E-state index in [4.69, 9.17) is 4.74 Å². The molecule has 2 aliphatic rings. The third-order valence-corrected chi connectivity index (χ3v) is 3.38. The molecule has 0 N–H and O–H groups in total. The van der Waals surface area contributed by atoms with E-state index in [0.29, 0.717) is 12.0 Å². The molecule has 0 saturated carbocycles. The van der Waals surface area contributed by atoms with Crippen LogP contribution in [-0.2, 0) is 21.6 Å². The smallest absolute Gasteiger partial charge is 0.334 e. The van der Waals surface area contributed by atoms with Crippen LogP contribution in [0, 0.1) is 0 Å². The minimum Gasteiger partial charge on any atom is -0.450 e. The van der Waals surface area contributed by atoms with Gasteiger partial charge in [-0.2, -0.15) is 0 Å². The van der Waals surface area contributed by atoms with Gasteiger partial charge in [-0.05, 0) is 24.0 Å². The van der Waals surface area contributed by atoms with Crippen LogP contribution in [0.3, 0.4) is 0 Å². The average molecular weight is 200 g/mol. The van der Waals surface area contributed by atoms with Crippen LogP contribution in [0.1, 0.15) is 24.0 Å². The summed E-state index contributed by atoms with van der Waals surface area (Å²) in [7, 11) is 0. The molecule has 1 heterocycles. The van der Waals surface area contributed by atoms with Crippen LogP contribution in [0.4, 0.5) is 0 Å². The number of fused-ring (bicyclic) bond motifs is 2. The highest BCUT2D eigenvalue weighted by Crippen LogP contribution is 2.48. The summed E-state index contributed by atoms with van der Waals surface area (Å²) in [5, 5.41) is 0. The quantitative estimate of drug-likeness (QED) is 0.474. The van der Waals surface area contributed by atoms with Crippen molar-refractivity contribution in [3.8, 4) is 0 Å². The first kappa shape index (κ1) is 8.72. The summed E-state index contributed by atoms with van der Waals surface area (Å²) in [5.41, 5.74) is 2.70. The van der Waals surface area contributed by atoms with Crippen molar-refractivity contribution in [1.82, 2.24) is 0 Å². The molecule has 1 saturated heterocycles. The Hall–Kier alpha value is -1.57. The van der Waals surface area contributed by atoms with Gasteiger partial charge in [-0.25, -0.2) is 4.79 Å². The van der Waals surface area contributed by atoms with Crippen LogP contribution in [0.5, 0.6) is 0 Å². The predicted octanol–water partition coefficient (Wildman–Crippen LogP) is 2.33. The van der Waals surface area contributed by atoms with Crippen LogP contribution in [0.25, 0.3) is 0 Å². The number of benzene rings is 1. The monoisotopic (exact) mass is 200 g/mol. The summed E-state index contributed by atoms with van der Waals surface area (Å²) >= 11 is 0. The minimum absolute atomic E-state index is 0.230. The van der Waals surface area contributed by atoms with E-state index >= 15 is 0 Å². The third kappa shape index (κ3) is 1.08. The lowest BCUT2D eigenvalue weighted by Crippen LogP contribution is -2.21. The van der Waals surface area contributed by atoms with E-state index in [-0.39, 0.29) is 11.6 Å². The highest BCUT2D eigenvalue weighted by molar-refractivity contribution is 5.91. The van der Waals surface area contributed by atoms with Gasteiger partial charge in [0.05, 0.1) is 0 Å². The Kier molecular flexibility index (Phi) is 1.58. The van der Waals surface area contributed by atoms with Gasteiger partial charge in [0.25, 0.3) is 0 Å². The van der Waals surface area contributed by atoms with Gasteiger partial charge >= 0.3 is 5.97 Å². The average Bonchev–Trinajstić information content (AvgIpc) is 2.72. The lowest BCUT2D eigenvalue weighted by molar-refractivity contribution is -0.147. The molecule has 1 aromatic rings. The molecular weight excluding hydrogens is 188 g/mol. The number of ether oxygens (including phenoxy) is 1. The van der Waals surface area contributed by atoms with Crippen molar-refractivity contribution in [3.05, 3.63) is 47.5 Å². The summed E-state index contributed by atoms with van der Waals surface area (Å²) < 4.78 is 5.51. The van der Waals surface area contributed by atoms with Crippen molar-refractivity contribution in [3.63, 3.8) is 0 Å². The van der Waals surface area contributed by atoms with Gasteiger partial charge in [-0.3, -0.25) is 0 Å². The molecule has 1 atom stereocenters. The summed E-state index contributed by atoms with van der Waals surface area (Å²) in [6.45, 7) is 3.75. The molecule has 3 rings (SSSR count). The first-order valence-corrected chi connectivity index (χ1v) is 5.21. The molecule has 15 heavy (non-hydrogen) atoms. The summed E-state index contributed by atoms with van der Waals surface area (Å²) in [4.78, 5) is 11.4. The fourth-order valence-electron chi connectivity index (χ4n) is 2.65. The summed E-state index contributed by atoms with van der Waals surface area (Å²) in [5.74, 6) is -0.230. The molecule has 0 bridgehead atoms. The lowest BCUT2D eigenvalue weighted by atomic mass is 9.91. The molecule has 1 aliphatic heterocycles. The van der Waals surface area contributed by atoms with Gasteiger partial charge in [0.1, 0.15) is 5.60 Å². The van der Waals surface area contributed by atoms with Crippen LogP contribution in [0.2, 0.25) is 0 Å². The molecule has 1 spiro atoms. The third-order valence-electron chi connectivity index (χ3n) is 3.38. The van der Waals surface area contributed by atoms with Gasteiger partial charge in [-0.1, -0.05) is 30.8 Å². The van der Waals surface area contributed by atoms with Crippen LogP contribution in [-0.4, -0.2) is 5.97 Å². The maximum absolute atomic E-state index is 11.4. The Balaban J connectivity index is 2.11. The van der Waals surface area contributed by atoms with E-state index in [1.54, 1.807) is 0 Å². The zero-order valence-corrected chi connectivity index (χ0v) is 8.45. The van der Waals surface area contributed by atoms with E-state index < -0.39 is 0 Å². The van der Waals surface area contributed by atoms with Gasteiger partial charge < -0.3 is 4.74 Å². The zero-order valence-electron chi connectivity index (χ0n) is 8.45. The maximum Gasteiger partial charge on any atom is 0.334 e. The first-order chi connectivity index (χ1) is 7.21. The molecule has 1 aromatic carbocycles. The van der Waals surface area contributed by atoms with Gasteiger partial charge in [0.15, 0.2) is 0 Å². The maximum atomic E-state index is 11.4. The molecule has 0 radical (unpaired) electrons. The number of carbonyl (C=O) groups is 1. The number of aryl methyl sites for hydroxylation is 1. The largest absolute Gasteiger partial charge is 0.450 e. The highest BCUT2D eigenvalue weighted by atomic mass is 16.6. The topological polar surface area (TPSA) is 26.3 Å². The van der Waals surface area contributed by atoms with Crippen molar-refractivity contribution in [2.45, 2.75) is 24.9 Å². The highest BCUT2D eigenvalue weighted by Gasteiger charge is 2.47. The minimum atomic E-state index is -0.384. The van der Waals surface area contributed by atoms with Crippen molar-refractivity contribution < 1.29 is 9.53 Å². The molecular formula is C13H12O2. The van der Waals surface area contributed by atoms with Gasteiger partial charge in [0.2, 0.25) is 0 Å². The van der Waals surface area contributed by atoms with Crippen molar-refractivity contribution in [2.75, 3.05) is 0 Å². The molecule has 1 aliphatic carbocycles. The Morgan fingerprint density at radius 2 is 2.13 bits per heavy atom. The first-order valence-electron chi connectivity index (χ1n) is 5.21. The summed E-state index contributed by atoms with van der Waals surface area (Å²) in [6, 6.07) is 8.21. The number of carbonyl (C=O) groups excluding carboxylic acids is 1. The Morgan fingerprint density at radius 3 is 2.87 bits per heavy atom. The lowest BCUT2D eigenvalue weighted by Gasteiger charge is -2.22. The van der Waals surface area contributed by atoms with E-state index in [0.717, 1.165) is 12.8 Å². The molecule has 76 valence electrons. The van der Waals surface area contributed by atoms with Crippen LogP contribution in [0.15, 0.2) is 36.4 Å².